The molecule has 0 saturated carbocycles. The van der Waals surface area contributed by atoms with Crippen LogP contribution in [0.5, 0.6) is 5.75 Å². The van der Waals surface area contributed by atoms with Crippen molar-refractivity contribution in [3.05, 3.63) is 58.9 Å². The molecule has 0 bridgehead atoms. The summed E-state index contributed by atoms with van der Waals surface area (Å²) in [7, 11) is 1.66. The van der Waals surface area contributed by atoms with Gasteiger partial charge in [0.1, 0.15) is 18.4 Å². The van der Waals surface area contributed by atoms with Gasteiger partial charge < -0.3 is 9.47 Å². The summed E-state index contributed by atoms with van der Waals surface area (Å²) in [6.45, 7) is 6.79. The third-order valence-electron chi connectivity index (χ3n) is 4.35. The quantitative estimate of drug-likeness (QED) is 0.694. The number of methoxy groups -OCH3 is 1. The molecule has 1 aromatic heterocycles. The van der Waals surface area contributed by atoms with Crippen LogP contribution in [0.25, 0.3) is 0 Å². The fourth-order valence-electron chi connectivity index (χ4n) is 2.89. The Morgan fingerprint density at radius 3 is 2.62 bits per heavy atom. The van der Waals surface area contributed by atoms with Crippen LogP contribution in [0, 0.1) is 13.8 Å². The molecule has 2 aromatic rings. The zero-order valence-corrected chi connectivity index (χ0v) is 16.0. The molecule has 0 radical (unpaired) electrons. The number of aryl methyl sites for hydroxylation is 1. The van der Waals surface area contributed by atoms with Crippen molar-refractivity contribution in [2.45, 2.75) is 52.8 Å². The number of nitrogens with zero attached hydrogens (tertiary/aromatic N) is 1. The Labute approximate surface area is 155 Å². The fraction of sp³-hybridized carbons (Fsp3) is 0.429. The first-order valence-electron chi connectivity index (χ1n) is 8.99. The van der Waals surface area contributed by atoms with E-state index in [1.165, 1.54) is 0 Å². The third kappa shape index (κ3) is 5.30. The van der Waals surface area contributed by atoms with Crippen molar-refractivity contribution in [2.75, 3.05) is 7.11 Å². The molecule has 5 heteroatoms. The third-order valence-corrected chi connectivity index (χ3v) is 4.35. The lowest BCUT2D eigenvalue weighted by molar-refractivity contribution is -0.147. The number of benzene rings is 1. The summed E-state index contributed by atoms with van der Waals surface area (Å²) < 4.78 is 10.9. The van der Waals surface area contributed by atoms with Crippen molar-refractivity contribution < 1.29 is 14.3 Å². The first kappa shape index (κ1) is 19.9. The highest BCUT2D eigenvalue weighted by atomic mass is 16.5. The number of rotatable bonds is 9. The lowest BCUT2D eigenvalue weighted by atomic mass is 10.1. The number of hydrogen-bond donors (Lipinski definition) is 1. The second-order valence-corrected chi connectivity index (χ2v) is 6.36. The number of aromatic nitrogens is 1. The van der Waals surface area contributed by atoms with E-state index < -0.39 is 0 Å². The van der Waals surface area contributed by atoms with Crippen LogP contribution in [-0.4, -0.2) is 24.1 Å². The predicted molar refractivity (Wildman–Crippen MR) is 102 cm³/mol. The molecular formula is C21H28N2O3. The van der Waals surface area contributed by atoms with Gasteiger partial charge in [-0.1, -0.05) is 43.7 Å². The second-order valence-electron chi connectivity index (χ2n) is 6.36. The van der Waals surface area contributed by atoms with Gasteiger partial charge in [-0.3, -0.25) is 15.1 Å². The van der Waals surface area contributed by atoms with Gasteiger partial charge in [0.25, 0.3) is 0 Å². The SMILES string of the molecule is CCCC(NCc1ncc(C)c(OC)c1C)C(=O)OCc1ccccc1. The number of carbonyl (C=O) groups excluding carboxylic acids is 1. The summed E-state index contributed by atoms with van der Waals surface area (Å²) in [6.07, 6.45) is 3.41. The Hall–Kier alpha value is -2.40. The summed E-state index contributed by atoms with van der Waals surface area (Å²) in [5, 5.41) is 3.29. The lowest BCUT2D eigenvalue weighted by Crippen LogP contribution is -2.37. The van der Waals surface area contributed by atoms with Crippen molar-refractivity contribution in [1.82, 2.24) is 10.3 Å². The molecule has 140 valence electrons. The molecule has 1 atom stereocenters. The van der Waals surface area contributed by atoms with Crippen LogP contribution in [0.1, 0.15) is 42.1 Å². The van der Waals surface area contributed by atoms with Crippen LogP contribution in [0.4, 0.5) is 0 Å². The fourth-order valence-corrected chi connectivity index (χ4v) is 2.89. The van der Waals surface area contributed by atoms with E-state index in [1.807, 2.05) is 44.2 Å². The van der Waals surface area contributed by atoms with Crippen molar-refractivity contribution in [1.29, 1.82) is 0 Å². The maximum atomic E-state index is 12.5. The minimum absolute atomic E-state index is 0.229. The van der Waals surface area contributed by atoms with E-state index in [9.17, 15) is 4.79 Å². The summed E-state index contributed by atoms with van der Waals surface area (Å²) >= 11 is 0. The number of hydrogen-bond acceptors (Lipinski definition) is 5. The first-order valence-corrected chi connectivity index (χ1v) is 8.99. The molecule has 1 N–H and O–H groups in total. The van der Waals surface area contributed by atoms with Crippen LogP contribution in [-0.2, 0) is 22.7 Å². The second kappa shape index (κ2) is 9.92. The van der Waals surface area contributed by atoms with Crippen molar-refractivity contribution in [2.24, 2.45) is 0 Å². The zero-order valence-electron chi connectivity index (χ0n) is 16.0. The molecule has 1 aromatic carbocycles. The Bertz CT molecular complexity index is 717. The van der Waals surface area contributed by atoms with E-state index >= 15 is 0 Å². The van der Waals surface area contributed by atoms with Crippen LogP contribution in [0.15, 0.2) is 36.5 Å². The van der Waals surface area contributed by atoms with Gasteiger partial charge in [0.15, 0.2) is 0 Å². The van der Waals surface area contributed by atoms with E-state index in [0.29, 0.717) is 6.54 Å². The summed E-state index contributed by atoms with van der Waals surface area (Å²) in [5.41, 5.74) is 3.86. The Morgan fingerprint density at radius 2 is 1.96 bits per heavy atom. The number of carbonyl (C=O) groups is 1. The normalized spacial score (nSPS) is 11.8. The Kier molecular flexibility index (Phi) is 7.60. The van der Waals surface area contributed by atoms with Crippen molar-refractivity contribution in [3.63, 3.8) is 0 Å². The zero-order chi connectivity index (χ0) is 18.9. The van der Waals surface area contributed by atoms with E-state index in [2.05, 4.69) is 17.2 Å². The minimum Gasteiger partial charge on any atom is -0.496 e. The summed E-state index contributed by atoms with van der Waals surface area (Å²) in [4.78, 5) is 16.9. The number of esters is 1. The van der Waals surface area contributed by atoms with Gasteiger partial charge in [0.05, 0.1) is 12.8 Å². The van der Waals surface area contributed by atoms with E-state index in [1.54, 1.807) is 13.3 Å². The molecule has 0 amide bonds. The maximum Gasteiger partial charge on any atom is 0.323 e. The highest BCUT2D eigenvalue weighted by Gasteiger charge is 2.20. The van der Waals surface area contributed by atoms with Crippen molar-refractivity contribution in [3.8, 4) is 5.75 Å². The van der Waals surface area contributed by atoms with Crippen molar-refractivity contribution >= 4 is 5.97 Å². The van der Waals surface area contributed by atoms with Gasteiger partial charge in [-0.25, -0.2) is 0 Å². The molecule has 0 spiro atoms. The maximum absolute atomic E-state index is 12.5. The van der Waals surface area contributed by atoms with Crippen LogP contribution in [0.2, 0.25) is 0 Å². The smallest absolute Gasteiger partial charge is 0.323 e. The van der Waals surface area contributed by atoms with E-state index in [0.717, 1.165) is 41.0 Å². The Balaban J connectivity index is 1.98. The molecule has 0 saturated heterocycles. The molecule has 0 aliphatic carbocycles. The molecule has 1 unspecified atom stereocenters. The standard InChI is InChI=1S/C21H28N2O3/c1-5-9-18(21(24)26-14-17-10-7-6-8-11-17)23-13-19-16(3)20(25-4)15(2)12-22-19/h6-8,10-12,18,23H,5,9,13-14H2,1-4H3. The molecule has 2 rings (SSSR count). The molecule has 0 aliphatic heterocycles. The van der Waals surface area contributed by atoms with Gasteiger partial charge in [0, 0.05) is 23.9 Å². The number of pyridine rings is 1. The highest BCUT2D eigenvalue weighted by Crippen LogP contribution is 2.24. The highest BCUT2D eigenvalue weighted by molar-refractivity contribution is 5.75. The largest absolute Gasteiger partial charge is 0.496 e. The first-order chi connectivity index (χ1) is 12.6. The van der Waals surface area contributed by atoms with Gasteiger partial charge >= 0.3 is 5.97 Å². The van der Waals surface area contributed by atoms with Gasteiger partial charge in [-0.15, -0.1) is 0 Å². The average molecular weight is 356 g/mol. The molecular weight excluding hydrogens is 328 g/mol. The van der Waals surface area contributed by atoms with Gasteiger partial charge in [0.2, 0.25) is 0 Å². The monoisotopic (exact) mass is 356 g/mol. The van der Waals surface area contributed by atoms with Crippen LogP contribution < -0.4 is 10.1 Å². The van der Waals surface area contributed by atoms with Crippen LogP contribution >= 0.6 is 0 Å². The number of nitrogens with one attached hydrogen (secondary N) is 1. The predicted octanol–water partition coefficient (Wildman–Crippen LogP) is 3.71. The molecule has 0 fully saturated rings. The van der Waals surface area contributed by atoms with Gasteiger partial charge in [-0.05, 0) is 25.8 Å². The molecule has 5 nitrogen and oxygen atoms in total. The molecule has 1 heterocycles. The minimum atomic E-state index is -0.350. The van der Waals surface area contributed by atoms with Gasteiger partial charge in [-0.2, -0.15) is 0 Å². The molecule has 0 aliphatic rings. The molecule has 26 heavy (non-hydrogen) atoms. The lowest BCUT2D eigenvalue weighted by Gasteiger charge is -2.18. The summed E-state index contributed by atoms with van der Waals surface area (Å²) in [6, 6.07) is 9.35. The summed E-state index contributed by atoms with van der Waals surface area (Å²) in [5.74, 6) is 0.614. The van der Waals surface area contributed by atoms with E-state index in [4.69, 9.17) is 9.47 Å². The Morgan fingerprint density at radius 1 is 1.23 bits per heavy atom. The van der Waals surface area contributed by atoms with E-state index in [-0.39, 0.29) is 18.6 Å². The number of ether oxygens (including phenoxy) is 2. The van der Waals surface area contributed by atoms with Crippen LogP contribution in [0.3, 0.4) is 0 Å². The average Bonchev–Trinajstić information content (AvgIpc) is 2.65. The topological polar surface area (TPSA) is 60.5 Å².